The van der Waals surface area contributed by atoms with E-state index >= 15 is 0 Å². The molecular formula is C20H30Si2. The molecule has 0 spiro atoms. The summed E-state index contributed by atoms with van der Waals surface area (Å²) in [6.45, 7) is 2.30. The first-order valence-corrected chi connectivity index (χ1v) is 12.0. The Bertz CT molecular complexity index is 454. The van der Waals surface area contributed by atoms with Crippen molar-refractivity contribution in [3.8, 4) is 0 Å². The molecule has 2 aromatic carbocycles. The van der Waals surface area contributed by atoms with Gasteiger partial charge >= 0.3 is 0 Å². The Morgan fingerprint density at radius 3 is 1.68 bits per heavy atom. The van der Waals surface area contributed by atoms with Gasteiger partial charge in [-0.1, -0.05) is 122 Å². The van der Waals surface area contributed by atoms with Crippen LogP contribution in [-0.4, -0.2) is 19.0 Å². The molecule has 0 N–H and O–H groups in total. The summed E-state index contributed by atoms with van der Waals surface area (Å²) in [6.07, 6.45) is 8.56. The Hall–Kier alpha value is -1.13. The molecule has 0 amide bonds. The van der Waals surface area contributed by atoms with E-state index in [2.05, 4.69) is 67.6 Å². The van der Waals surface area contributed by atoms with Crippen LogP contribution in [0.3, 0.4) is 0 Å². The van der Waals surface area contributed by atoms with Gasteiger partial charge in [0.05, 0.1) is 19.0 Å². The molecule has 0 unspecified atom stereocenters. The maximum atomic E-state index is 2.36. The molecule has 2 aromatic rings. The van der Waals surface area contributed by atoms with Gasteiger partial charge in [-0.3, -0.25) is 0 Å². The Morgan fingerprint density at radius 1 is 0.682 bits per heavy atom. The Labute approximate surface area is 141 Å². The highest BCUT2D eigenvalue weighted by molar-refractivity contribution is 6.73. The molecule has 0 aromatic heterocycles. The first-order chi connectivity index (χ1) is 10.9. The minimum Gasteiger partial charge on any atom is -0.0669 e. The molecule has 0 aliphatic carbocycles. The third-order valence-electron chi connectivity index (χ3n) is 4.45. The van der Waals surface area contributed by atoms with Gasteiger partial charge in [0.15, 0.2) is 0 Å². The molecule has 0 atom stereocenters. The van der Waals surface area contributed by atoms with Gasteiger partial charge in [0.25, 0.3) is 0 Å². The summed E-state index contributed by atoms with van der Waals surface area (Å²) in [5.41, 5.74) is 0. The predicted octanol–water partition coefficient (Wildman–Crippen LogP) is 3.08. The van der Waals surface area contributed by atoms with Crippen LogP contribution in [0.15, 0.2) is 60.7 Å². The average Bonchev–Trinajstić information content (AvgIpc) is 2.56. The zero-order valence-electron chi connectivity index (χ0n) is 14.0. The van der Waals surface area contributed by atoms with Gasteiger partial charge in [-0.2, -0.15) is 0 Å². The second-order valence-corrected chi connectivity index (χ2v) is 12.4. The van der Waals surface area contributed by atoms with Crippen LogP contribution in [0.25, 0.3) is 0 Å². The van der Waals surface area contributed by atoms with E-state index in [9.17, 15) is 0 Å². The fraction of sp³-hybridized carbons (Fsp3) is 0.400. The molecule has 0 saturated carbocycles. The van der Waals surface area contributed by atoms with E-state index in [0.29, 0.717) is 0 Å². The van der Waals surface area contributed by atoms with Crippen LogP contribution < -0.4 is 10.4 Å². The van der Waals surface area contributed by atoms with Crippen LogP contribution in [0.1, 0.15) is 45.4 Å². The normalized spacial score (nSPS) is 13.3. The molecule has 0 saturated heterocycles. The van der Waals surface area contributed by atoms with E-state index in [1.54, 1.807) is 10.4 Å². The first kappa shape index (κ1) is 17.2. The second kappa shape index (κ2) is 10.6. The van der Waals surface area contributed by atoms with Crippen molar-refractivity contribution in [1.82, 2.24) is 0 Å². The molecule has 2 rings (SSSR count). The third-order valence-corrected chi connectivity index (χ3v) is 10.0. The molecule has 2 heteroatoms. The van der Waals surface area contributed by atoms with Crippen molar-refractivity contribution in [3.63, 3.8) is 0 Å². The number of hydrogen-bond donors (Lipinski definition) is 0. The largest absolute Gasteiger partial charge is 0.0669 e. The van der Waals surface area contributed by atoms with E-state index in [4.69, 9.17) is 0 Å². The highest BCUT2D eigenvalue weighted by Crippen LogP contribution is 2.15. The smallest absolute Gasteiger partial charge is 0.0550 e. The van der Waals surface area contributed by atoms with Gasteiger partial charge in [0.2, 0.25) is 0 Å². The molecule has 0 aliphatic rings. The summed E-state index contributed by atoms with van der Waals surface area (Å²) in [4.78, 5) is 0. The zero-order valence-corrected chi connectivity index (χ0v) is 16.8. The van der Waals surface area contributed by atoms with Crippen LogP contribution in [0.2, 0.25) is 5.16 Å². The lowest BCUT2D eigenvalue weighted by molar-refractivity contribution is 0.617. The van der Waals surface area contributed by atoms with E-state index in [1.165, 1.54) is 38.5 Å². The van der Waals surface area contributed by atoms with Crippen LogP contribution in [0.5, 0.6) is 0 Å². The SMILES string of the molecule is CCCCCCCC([SiH2]c1ccccc1)[SiH2]c1ccccc1. The van der Waals surface area contributed by atoms with Gasteiger partial charge < -0.3 is 0 Å². The second-order valence-electron chi connectivity index (χ2n) is 6.45. The first-order valence-electron chi connectivity index (χ1n) is 8.96. The molecule has 0 nitrogen and oxygen atoms in total. The van der Waals surface area contributed by atoms with E-state index < -0.39 is 0 Å². The molecule has 0 fully saturated rings. The molecule has 0 radical (unpaired) electrons. The maximum Gasteiger partial charge on any atom is 0.0550 e. The molecule has 0 aliphatic heterocycles. The van der Waals surface area contributed by atoms with Gasteiger partial charge in [-0.15, -0.1) is 0 Å². The quantitative estimate of drug-likeness (QED) is 0.465. The monoisotopic (exact) mass is 326 g/mol. The minimum absolute atomic E-state index is 0.119. The standard InChI is InChI=1S/C20H30Si2/c1-2-3-4-5-12-17-20(21-18-13-8-6-9-14-18)22-19-15-10-7-11-16-19/h6-11,13-16,20H,2-5,12,17,21-22H2,1H3. The number of rotatable bonds is 10. The Balaban J connectivity index is 1.88. The fourth-order valence-corrected chi connectivity index (χ4v) is 9.19. The van der Waals surface area contributed by atoms with E-state index in [0.717, 1.165) is 5.16 Å². The van der Waals surface area contributed by atoms with E-state index in [1.807, 2.05) is 0 Å². The minimum atomic E-state index is -0.119. The van der Waals surface area contributed by atoms with Crippen LogP contribution in [0.4, 0.5) is 0 Å². The molecule has 22 heavy (non-hydrogen) atoms. The van der Waals surface area contributed by atoms with Gasteiger partial charge in [-0.25, -0.2) is 0 Å². The van der Waals surface area contributed by atoms with Crippen LogP contribution >= 0.6 is 0 Å². The van der Waals surface area contributed by atoms with Gasteiger partial charge in [0.1, 0.15) is 0 Å². The topological polar surface area (TPSA) is 0 Å². The third kappa shape index (κ3) is 6.76. The zero-order chi connectivity index (χ0) is 15.5. The summed E-state index contributed by atoms with van der Waals surface area (Å²) in [6, 6.07) is 22.6. The van der Waals surface area contributed by atoms with Crippen LogP contribution in [-0.2, 0) is 0 Å². The Kier molecular flexibility index (Phi) is 8.28. The fourth-order valence-electron chi connectivity index (χ4n) is 3.21. The van der Waals surface area contributed by atoms with Gasteiger partial charge in [-0.05, 0) is 0 Å². The molecular weight excluding hydrogens is 296 g/mol. The summed E-state index contributed by atoms with van der Waals surface area (Å²) >= 11 is 0. The lowest BCUT2D eigenvalue weighted by Crippen LogP contribution is -2.29. The van der Waals surface area contributed by atoms with Crippen molar-refractivity contribution in [3.05, 3.63) is 60.7 Å². The summed E-state index contributed by atoms with van der Waals surface area (Å²) in [5, 5.41) is 4.36. The van der Waals surface area contributed by atoms with Crippen molar-refractivity contribution in [2.75, 3.05) is 0 Å². The lowest BCUT2D eigenvalue weighted by atomic mass is 10.1. The lowest BCUT2D eigenvalue weighted by Gasteiger charge is -2.16. The molecule has 0 heterocycles. The van der Waals surface area contributed by atoms with Crippen LogP contribution in [0, 0.1) is 0 Å². The summed E-state index contributed by atoms with van der Waals surface area (Å²) in [5.74, 6) is 0. The molecule has 118 valence electrons. The van der Waals surface area contributed by atoms with Crippen molar-refractivity contribution < 1.29 is 0 Å². The summed E-state index contributed by atoms with van der Waals surface area (Å²) < 4.78 is 0. The average molecular weight is 327 g/mol. The maximum absolute atomic E-state index is 2.36. The summed E-state index contributed by atoms with van der Waals surface area (Å²) in [7, 11) is -0.238. The number of benzene rings is 2. The number of unbranched alkanes of at least 4 members (excludes halogenated alkanes) is 4. The molecule has 0 bridgehead atoms. The van der Waals surface area contributed by atoms with Gasteiger partial charge in [0, 0.05) is 0 Å². The number of hydrogen-bond acceptors (Lipinski definition) is 0. The van der Waals surface area contributed by atoms with E-state index in [-0.39, 0.29) is 19.0 Å². The Morgan fingerprint density at radius 2 is 1.18 bits per heavy atom. The highest BCUT2D eigenvalue weighted by atomic mass is 28.3. The van der Waals surface area contributed by atoms with Crippen molar-refractivity contribution in [1.29, 1.82) is 0 Å². The van der Waals surface area contributed by atoms with Crippen molar-refractivity contribution in [2.45, 2.75) is 50.6 Å². The highest BCUT2D eigenvalue weighted by Gasteiger charge is 2.12. The van der Waals surface area contributed by atoms with Crippen molar-refractivity contribution in [2.24, 2.45) is 0 Å². The predicted molar refractivity (Wildman–Crippen MR) is 106 cm³/mol. The van der Waals surface area contributed by atoms with Crippen molar-refractivity contribution >= 4 is 29.4 Å².